The van der Waals surface area contributed by atoms with Crippen LogP contribution in [0.15, 0.2) is 60.7 Å². The Balaban J connectivity index is 1.99. The number of carbonyl (C=O) groups is 1. The molecule has 2 N–H and O–H groups in total. The SMILES string of the molecule is COC(=O)[C@H](CNCc1ccccc1)[C@H](O)c1ccccc1. The third kappa shape index (κ3) is 4.41. The van der Waals surface area contributed by atoms with E-state index in [1.165, 1.54) is 7.11 Å². The molecule has 4 nitrogen and oxygen atoms in total. The van der Waals surface area contributed by atoms with Crippen LogP contribution < -0.4 is 5.32 Å². The van der Waals surface area contributed by atoms with Crippen LogP contribution in [0.3, 0.4) is 0 Å². The van der Waals surface area contributed by atoms with Gasteiger partial charge in [0.25, 0.3) is 0 Å². The molecule has 2 aromatic rings. The molecule has 0 radical (unpaired) electrons. The minimum Gasteiger partial charge on any atom is -0.469 e. The van der Waals surface area contributed by atoms with Gasteiger partial charge in [0, 0.05) is 13.1 Å². The third-order valence-electron chi connectivity index (χ3n) is 3.56. The summed E-state index contributed by atoms with van der Waals surface area (Å²) in [5.74, 6) is -1.06. The van der Waals surface area contributed by atoms with Gasteiger partial charge in [-0.15, -0.1) is 0 Å². The van der Waals surface area contributed by atoms with Crippen molar-refractivity contribution in [3.8, 4) is 0 Å². The van der Waals surface area contributed by atoms with E-state index in [0.717, 1.165) is 5.56 Å². The maximum atomic E-state index is 11.9. The average molecular weight is 299 g/mol. The number of methoxy groups -OCH3 is 1. The van der Waals surface area contributed by atoms with Gasteiger partial charge in [0.05, 0.1) is 19.1 Å². The molecule has 0 heterocycles. The number of hydrogen-bond donors (Lipinski definition) is 2. The molecular formula is C18H21NO3. The highest BCUT2D eigenvalue weighted by Gasteiger charge is 2.28. The Hall–Kier alpha value is -2.17. The molecule has 0 saturated heterocycles. The predicted molar refractivity (Wildman–Crippen MR) is 85.1 cm³/mol. The molecule has 2 aromatic carbocycles. The van der Waals surface area contributed by atoms with Crippen LogP contribution in [0.4, 0.5) is 0 Å². The highest BCUT2D eigenvalue weighted by molar-refractivity contribution is 5.73. The zero-order valence-corrected chi connectivity index (χ0v) is 12.6. The first kappa shape index (κ1) is 16.2. The summed E-state index contributed by atoms with van der Waals surface area (Å²) >= 11 is 0. The minimum atomic E-state index is -0.892. The molecule has 0 aliphatic carbocycles. The summed E-state index contributed by atoms with van der Waals surface area (Å²) in [5.41, 5.74) is 1.83. The predicted octanol–water partition coefficient (Wildman–Crippen LogP) is 2.30. The Labute approximate surface area is 130 Å². The average Bonchev–Trinajstić information content (AvgIpc) is 2.59. The summed E-state index contributed by atoms with van der Waals surface area (Å²) in [4.78, 5) is 11.9. The van der Waals surface area contributed by atoms with Crippen molar-refractivity contribution < 1.29 is 14.6 Å². The van der Waals surface area contributed by atoms with E-state index in [9.17, 15) is 9.90 Å². The molecule has 0 aromatic heterocycles. The fourth-order valence-corrected chi connectivity index (χ4v) is 2.33. The lowest BCUT2D eigenvalue weighted by Gasteiger charge is -2.21. The van der Waals surface area contributed by atoms with Crippen molar-refractivity contribution in [2.24, 2.45) is 5.92 Å². The number of esters is 1. The van der Waals surface area contributed by atoms with Crippen molar-refractivity contribution in [1.82, 2.24) is 5.32 Å². The standard InChI is InChI=1S/C18H21NO3/c1-22-18(21)16(17(20)15-10-6-3-7-11-15)13-19-12-14-8-4-2-5-9-14/h2-11,16-17,19-20H,12-13H2,1H3/t16-,17-/m1/s1. The van der Waals surface area contributed by atoms with E-state index >= 15 is 0 Å². The van der Waals surface area contributed by atoms with Crippen molar-refractivity contribution in [3.63, 3.8) is 0 Å². The van der Waals surface area contributed by atoms with Crippen molar-refractivity contribution >= 4 is 5.97 Å². The van der Waals surface area contributed by atoms with Crippen molar-refractivity contribution in [1.29, 1.82) is 0 Å². The molecule has 22 heavy (non-hydrogen) atoms. The first-order chi connectivity index (χ1) is 10.7. The van der Waals surface area contributed by atoms with Gasteiger partial charge in [-0.25, -0.2) is 0 Å². The number of benzene rings is 2. The Morgan fingerprint density at radius 3 is 2.27 bits per heavy atom. The molecule has 0 fully saturated rings. The number of carbonyl (C=O) groups excluding carboxylic acids is 1. The fourth-order valence-electron chi connectivity index (χ4n) is 2.33. The fraction of sp³-hybridized carbons (Fsp3) is 0.278. The van der Waals surface area contributed by atoms with Crippen LogP contribution in [-0.2, 0) is 16.1 Å². The molecule has 4 heteroatoms. The summed E-state index contributed by atoms with van der Waals surface area (Å²) < 4.78 is 4.82. The van der Waals surface area contributed by atoms with Crippen molar-refractivity contribution in [2.45, 2.75) is 12.6 Å². The van der Waals surface area contributed by atoms with Crippen LogP contribution in [0.2, 0.25) is 0 Å². The van der Waals surface area contributed by atoms with Crippen molar-refractivity contribution in [2.75, 3.05) is 13.7 Å². The van der Waals surface area contributed by atoms with Gasteiger partial charge in [-0.1, -0.05) is 60.7 Å². The molecule has 2 rings (SSSR count). The lowest BCUT2D eigenvalue weighted by atomic mass is 9.95. The second kappa shape index (κ2) is 8.32. The van der Waals surface area contributed by atoms with E-state index in [2.05, 4.69) is 5.32 Å². The monoisotopic (exact) mass is 299 g/mol. The molecule has 0 saturated carbocycles. The number of ether oxygens (including phenoxy) is 1. The van der Waals surface area contributed by atoms with Gasteiger partial charge in [-0.2, -0.15) is 0 Å². The summed E-state index contributed by atoms with van der Waals surface area (Å²) in [6, 6.07) is 19.1. The van der Waals surface area contributed by atoms with Gasteiger partial charge < -0.3 is 15.2 Å². The van der Waals surface area contributed by atoms with Gasteiger partial charge >= 0.3 is 5.97 Å². The molecule has 0 amide bonds. The topological polar surface area (TPSA) is 58.6 Å². The Morgan fingerprint density at radius 2 is 1.68 bits per heavy atom. The lowest BCUT2D eigenvalue weighted by molar-refractivity contribution is -0.149. The Morgan fingerprint density at radius 1 is 1.09 bits per heavy atom. The van der Waals surface area contributed by atoms with Crippen LogP contribution in [0, 0.1) is 5.92 Å². The summed E-state index contributed by atoms with van der Waals surface area (Å²) in [6.45, 7) is 0.980. The number of rotatable bonds is 7. The molecular weight excluding hydrogens is 278 g/mol. The Bertz CT molecular complexity index is 571. The van der Waals surface area contributed by atoms with Crippen LogP contribution in [0.25, 0.3) is 0 Å². The van der Waals surface area contributed by atoms with Gasteiger partial charge in [-0.05, 0) is 11.1 Å². The summed E-state index contributed by atoms with van der Waals surface area (Å²) in [6.07, 6.45) is -0.892. The summed E-state index contributed by atoms with van der Waals surface area (Å²) in [7, 11) is 1.34. The highest BCUT2D eigenvalue weighted by Crippen LogP contribution is 2.22. The van der Waals surface area contributed by atoms with E-state index in [1.807, 2.05) is 48.5 Å². The zero-order chi connectivity index (χ0) is 15.8. The largest absolute Gasteiger partial charge is 0.469 e. The first-order valence-corrected chi connectivity index (χ1v) is 7.28. The molecule has 0 spiro atoms. The zero-order valence-electron chi connectivity index (χ0n) is 12.6. The lowest BCUT2D eigenvalue weighted by Crippen LogP contribution is -2.33. The van der Waals surface area contributed by atoms with E-state index in [4.69, 9.17) is 4.74 Å². The van der Waals surface area contributed by atoms with Gasteiger partial charge in [0.15, 0.2) is 0 Å². The number of aliphatic hydroxyl groups excluding tert-OH is 1. The third-order valence-corrected chi connectivity index (χ3v) is 3.56. The van der Waals surface area contributed by atoms with E-state index in [1.54, 1.807) is 12.1 Å². The minimum absolute atomic E-state index is 0.345. The second-order valence-electron chi connectivity index (χ2n) is 5.10. The van der Waals surface area contributed by atoms with Gasteiger partial charge in [0.2, 0.25) is 0 Å². The number of aliphatic hydroxyl groups is 1. The molecule has 0 bridgehead atoms. The maximum Gasteiger partial charge on any atom is 0.312 e. The van der Waals surface area contributed by atoms with Crippen LogP contribution >= 0.6 is 0 Å². The van der Waals surface area contributed by atoms with E-state index < -0.39 is 18.0 Å². The second-order valence-corrected chi connectivity index (χ2v) is 5.10. The van der Waals surface area contributed by atoms with Gasteiger partial charge in [-0.3, -0.25) is 4.79 Å². The molecule has 0 aliphatic heterocycles. The number of nitrogens with one attached hydrogen (secondary N) is 1. The Kier molecular flexibility index (Phi) is 6.13. The normalized spacial score (nSPS) is 13.4. The quantitative estimate of drug-likeness (QED) is 0.770. The highest BCUT2D eigenvalue weighted by atomic mass is 16.5. The first-order valence-electron chi connectivity index (χ1n) is 7.28. The maximum absolute atomic E-state index is 11.9. The van der Waals surface area contributed by atoms with Crippen LogP contribution in [-0.4, -0.2) is 24.7 Å². The molecule has 0 unspecified atom stereocenters. The van der Waals surface area contributed by atoms with Gasteiger partial charge in [0.1, 0.15) is 0 Å². The van der Waals surface area contributed by atoms with Crippen LogP contribution in [0.1, 0.15) is 17.2 Å². The van der Waals surface area contributed by atoms with Crippen LogP contribution in [0.5, 0.6) is 0 Å². The van der Waals surface area contributed by atoms with E-state index in [0.29, 0.717) is 18.7 Å². The van der Waals surface area contributed by atoms with Crippen molar-refractivity contribution in [3.05, 3.63) is 71.8 Å². The number of hydrogen-bond acceptors (Lipinski definition) is 4. The summed E-state index contributed by atoms with van der Waals surface area (Å²) in [5, 5.41) is 13.6. The smallest absolute Gasteiger partial charge is 0.312 e. The van der Waals surface area contributed by atoms with E-state index in [-0.39, 0.29) is 0 Å². The molecule has 2 atom stereocenters. The molecule has 116 valence electrons. The molecule has 0 aliphatic rings.